The zero-order valence-electron chi connectivity index (χ0n) is 19.2. The summed E-state index contributed by atoms with van der Waals surface area (Å²) in [6.07, 6.45) is 0. The Hall–Kier alpha value is -3.05. The number of hydrogen-bond acceptors (Lipinski definition) is 5. The molecule has 1 N–H and O–H groups in total. The van der Waals surface area contributed by atoms with Crippen molar-refractivity contribution in [3.63, 3.8) is 0 Å². The van der Waals surface area contributed by atoms with Crippen molar-refractivity contribution in [2.24, 2.45) is 0 Å². The molecule has 1 aliphatic rings. The Morgan fingerprint density at radius 1 is 0.771 bits per heavy atom. The molecule has 4 rings (SSSR count). The molecule has 2 atom stereocenters. The van der Waals surface area contributed by atoms with Gasteiger partial charge in [0.15, 0.2) is 0 Å². The van der Waals surface area contributed by atoms with Gasteiger partial charge in [-0.05, 0) is 36.8 Å². The van der Waals surface area contributed by atoms with Gasteiger partial charge in [-0.1, -0.05) is 66.7 Å². The van der Waals surface area contributed by atoms with E-state index in [1.54, 1.807) is 43.3 Å². The quantitative estimate of drug-likeness (QED) is 0.523. The first-order chi connectivity index (χ1) is 16.7. The molecule has 1 aliphatic heterocycles. The maximum Gasteiger partial charge on any atom is 0.243 e. The molecule has 1 saturated heterocycles. The van der Waals surface area contributed by atoms with Gasteiger partial charge in [0, 0.05) is 19.6 Å². The molecule has 1 fully saturated rings. The van der Waals surface area contributed by atoms with Crippen molar-refractivity contribution in [1.29, 1.82) is 0 Å². The summed E-state index contributed by atoms with van der Waals surface area (Å²) >= 11 is 0. The SMILES string of the molecule is C[C@H](NC(=O)[C@H]1CN(S(=O)(=O)c2ccccc2)CCN1S(=O)(=O)c1ccccc1)c1ccccc1. The molecule has 3 aromatic rings. The van der Waals surface area contributed by atoms with Crippen molar-refractivity contribution in [2.75, 3.05) is 19.6 Å². The third-order valence-electron chi connectivity index (χ3n) is 5.99. The average molecular weight is 514 g/mol. The Morgan fingerprint density at radius 3 is 1.80 bits per heavy atom. The van der Waals surface area contributed by atoms with Gasteiger partial charge < -0.3 is 5.32 Å². The van der Waals surface area contributed by atoms with E-state index in [4.69, 9.17) is 0 Å². The fourth-order valence-corrected chi connectivity index (χ4v) is 7.11. The topological polar surface area (TPSA) is 104 Å². The second-order valence-corrected chi connectivity index (χ2v) is 12.1. The van der Waals surface area contributed by atoms with Crippen LogP contribution >= 0.6 is 0 Å². The molecule has 1 heterocycles. The Morgan fingerprint density at radius 2 is 1.26 bits per heavy atom. The van der Waals surface area contributed by atoms with Crippen LogP contribution in [0, 0.1) is 0 Å². The normalized spacial score (nSPS) is 18.6. The van der Waals surface area contributed by atoms with Gasteiger partial charge in [-0.25, -0.2) is 16.8 Å². The summed E-state index contributed by atoms with van der Waals surface area (Å²) in [5, 5.41) is 2.86. The molecule has 8 nitrogen and oxygen atoms in total. The van der Waals surface area contributed by atoms with Crippen LogP contribution in [-0.2, 0) is 24.8 Å². The number of piperazine rings is 1. The van der Waals surface area contributed by atoms with Crippen LogP contribution in [0.3, 0.4) is 0 Å². The maximum atomic E-state index is 13.5. The highest BCUT2D eigenvalue weighted by molar-refractivity contribution is 7.89. The zero-order chi connectivity index (χ0) is 25.1. The van der Waals surface area contributed by atoms with Crippen LogP contribution in [0.5, 0.6) is 0 Å². The maximum absolute atomic E-state index is 13.5. The molecular weight excluding hydrogens is 486 g/mol. The second-order valence-electron chi connectivity index (χ2n) is 8.26. The van der Waals surface area contributed by atoms with Crippen molar-refractivity contribution in [1.82, 2.24) is 13.9 Å². The third kappa shape index (κ3) is 5.30. The monoisotopic (exact) mass is 513 g/mol. The molecule has 10 heteroatoms. The molecule has 0 radical (unpaired) electrons. The van der Waals surface area contributed by atoms with Gasteiger partial charge in [-0.3, -0.25) is 4.79 Å². The highest BCUT2D eigenvalue weighted by atomic mass is 32.2. The van der Waals surface area contributed by atoms with Gasteiger partial charge in [0.1, 0.15) is 6.04 Å². The first-order valence-electron chi connectivity index (χ1n) is 11.2. The lowest BCUT2D eigenvalue weighted by Gasteiger charge is -2.39. The number of benzene rings is 3. The van der Waals surface area contributed by atoms with Crippen molar-refractivity contribution in [2.45, 2.75) is 28.8 Å². The van der Waals surface area contributed by atoms with E-state index < -0.39 is 38.0 Å². The second kappa shape index (κ2) is 10.3. The lowest BCUT2D eigenvalue weighted by atomic mass is 10.1. The van der Waals surface area contributed by atoms with E-state index in [1.807, 2.05) is 30.3 Å². The van der Waals surface area contributed by atoms with Gasteiger partial charge in [-0.2, -0.15) is 8.61 Å². The van der Waals surface area contributed by atoms with Gasteiger partial charge in [-0.15, -0.1) is 0 Å². The standard InChI is InChI=1S/C25H27N3O5S2/c1-20(21-11-5-2-6-12-21)26-25(29)24-19-27(34(30,31)22-13-7-3-8-14-22)17-18-28(24)35(32,33)23-15-9-4-10-16-23/h2-16,20,24H,17-19H2,1H3,(H,26,29)/t20-,24+/m0/s1. The molecule has 0 aliphatic carbocycles. The van der Waals surface area contributed by atoms with E-state index >= 15 is 0 Å². The summed E-state index contributed by atoms with van der Waals surface area (Å²) in [6.45, 7) is 1.28. The number of carbonyl (C=O) groups excluding carboxylic acids is 1. The molecular formula is C25H27N3O5S2. The summed E-state index contributed by atoms with van der Waals surface area (Å²) in [5.41, 5.74) is 0.850. The molecule has 184 valence electrons. The lowest BCUT2D eigenvalue weighted by Crippen LogP contribution is -2.61. The fraction of sp³-hybridized carbons (Fsp3) is 0.240. The molecule has 0 unspecified atom stereocenters. The molecule has 35 heavy (non-hydrogen) atoms. The minimum atomic E-state index is -4.04. The van der Waals surface area contributed by atoms with Crippen LogP contribution in [0.2, 0.25) is 0 Å². The van der Waals surface area contributed by atoms with Gasteiger partial charge in [0.25, 0.3) is 0 Å². The van der Waals surface area contributed by atoms with Gasteiger partial charge in [0.2, 0.25) is 26.0 Å². The lowest BCUT2D eigenvalue weighted by molar-refractivity contribution is -0.126. The third-order valence-corrected chi connectivity index (χ3v) is 9.79. The number of amides is 1. The van der Waals surface area contributed by atoms with Crippen LogP contribution in [0.4, 0.5) is 0 Å². The van der Waals surface area contributed by atoms with E-state index in [0.29, 0.717) is 0 Å². The van der Waals surface area contributed by atoms with E-state index in [9.17, 15) is 21.6 Å². The van der Waals surface area contributed by atoms with Crippen LogP contribution in [0.1, 0.15) is 18.5 Å². The van der Waals surface area contributed by atoms with Crippen molar-refractivity contribution >= 4 is 26.0 Å². The van der Waals surface area contributed by atoms with Crippen LogP contribution in [0.25, 0.3) is 0 Å². The van der Waals surface area contributed by atoms with Crippen LogP contribution in [0.15, 0.2) is 101 Å². The Balaban J connectivity index is 1.66. The van der Waals surface area contributed by atoms with Crippen molar-refractivity contribution in [3.05, 3.63) is 96.6 Å². The Bertz CT molecular complexity index is 1370. The summed E-state index contributed by atoms with van der Waals surface area (Å²) in [6, 6.07) is 23.4. The fourth-order valence-electron chi connectivity index (χ4n) is 4.06. The van der Waals surface area contributed by atoms with E-state index in [-0.39, 0.29) is 29.4 Å². The number of nitrogens with one attached hydrogen (secondary N) is 1. The van der Waals surface area contributed by atoms with E-state index in [1.165, 1.54) is 28.6 Å². The summed E-state index contributed by atoms with van der Waals surface area (Å²) in [4.78, 5) is 13.6. The predicted octanol–water partition coefficient (Wildman–Crippen LogP) is 2.63. The molecule has 3 aromatic carbocycles. The first kappa shape index (κ1) is 25.1. The average Bonchev–Trinajstić information content (AvgIpc) is 2.89. The first-order valence-corrected chi connectivity index (χ1v) is 14.1. The largest absolute Gasteiger partial charge is 0.348 e. The van der Waals surface area contributed by atoms with Crippen molar-refractivity contribution in [3.8, 4) is 0 Å². The number of nitrogens with zero attached hydrogens (tertiary/aromatic N) is 2. The van der Waals surface area contributed by atoms with Gasteiger partial charge >= 0.3 is 0 Å². The minimum Gasteiger partial charge on any atom is -0.348 e. The molecule has 0 bridgehead atoms. The van der Waals surface area contributed by atoms with Gasteiger partial charge in [0.05, 0.1) is 15.8 Å². The van der Waals surface area contributed by atoms with Crippen LogP contribution in [-0.4, -0.2) is 57.0 Å². The number of carbonyl (C=O) groups is 1. The predicted molar refractivity (Wildman–Crippen MR) is 132 cm³/mol. The molecule has 0 saturated carbocycles. The highest BCUT2D eigenvalue weighted by Crippen LogP contribution is 2.26. The number of rotatable bonds is 7. The summed E-state index contributed by atoms with van der Waals surface area (Å²) < 4.78 is 55.7. The van der Waals surface area contributed by atoms with Crippen molar-refractivity contribution < 1.29 is 21.6 Å². The minimum absolute atomic E-state index is 0.0493. The van der Waals surface area contributed by atoms with Crippen LogP contribution < -0.4 is 5.32 Å². The summed E-state index contributed by atoms with van der Waals surface area (Å²) in [7, 11) is -7.95. The number of sulfonamides is 2. The zero-order valence-corrected chi connectivity index (χ0v) is 20.8. The molecule has 0 spiro atoms. The highest BCUT2D eigenvalue weighted by Gasteiger charge is 2.43. The molecule has 0 aromatic heterocycles. The van der Waals surface area contributed by atoms with E-state index in [2.05, 4.69) is 5.32 Å². The number of hydrogen-bond donors (Lipinski definition) is 1. The smallest absolute Gasteiger partial charge is 0.243 e. The molecule has 1 amide bonds. The Kier molecular flexibility index (Phi) is 7.36. The van der Waals surface area contributed by atoms with E-state index in [0.717, 1.165) is 9.87 Å². The summed E-state index contributed by atoms with van der Waals surface area (Å²) in [5.74, 6) is -0.561. The Labute approximate surface area is 206 Å².